The second-order valence-electron chi connectivity index (χ2n) is 3.31. The van der Waals surface area contributed by atoms with Crippen LogP contribution in [0, 0.1) is 11.8 Å². The summed E-state index contributed by atoms with van der Waals surface area (Å²) in [5, 5.41) is 0. The van der Waals surface area contributed by atoms with Gasteiger partial charge in [-0.1, -0.05) is 0 Å². The van der Waals surface area contributed by atoms with Crippen molar-refractivity contribution in [2.45, 2.75) is 26.7 Å². The van der Waals surface area contributed by atoms with Gasteiger partial charge in [0.15, 0.2) is 0 Å². The SMILES string of the molecule is CC(=O)C1CCC(=O)C1C(C)=O. The largest absolute Gasteiger partial charge is 0.300 e. The second kappa shape index (κ2) is 3.17. The van der Waals surface area contributed by atoms with Gasteiger partial charge in [0.1, 0.15) is 17.3 Å². The molecule has 0 aromatic heterocycles. The molecule has 1 aliphatic rings. The van der Waals surface area contributed by atoms with E-state index in [-0.39, 0.29) is 23.3 Å². The second-order valence-corrected chi connectivity index (χ2v) is 3.31. The van der Waals surface area contributed by atoms with Crippen molar-refractivity contribution in [3.63, 3.8) is 0 Å². The molecule has 66 valence electrons. The summed E-state index contributed by atoms with van der Waals surface area (Å²) in [6.45, 7) is 2.82. The third-order valence-corrected chi connectivity index (χ3v) is 2.41. The van der Waals surface area contributed by atoms with Gasteiger partial charge >= 0.3 is 0 Å². The number of carbonyl (C=O) groups is 3. The van der Waals surface area contributed by atoms with Gasteiger partial charge in [-0.05, 0) is 20.3 Å². The third-order valence-electron chi connectivity index (χ3n) is 2.41. The molecule has 0 saturated heterocycles. The number of carbonyl (C=O) groups excluding carboxylic acids is 3. The third kappa shape index (κ3) is 1.44. The van der Waals surface area contributed by atoms with Gasteiger partial charge in [0.25, 0.3) is 0 Å². The highest BCUT2D eigenvalue weighted by Crippen LogP contribution is 2.29. The fourth-order valence-corrected chi connectivity index (χ4v) is 1.79. The first-order chi connectivity index (χ1) is 5.54. The summed E-state index contributed by atoms with van der Waals surface area (Å²) in [4.78, 5) is 33.2. The highest BCUT2D eigenvalue weighted by atomic mass is 16.2. The van der Waals surface area contributed by atoms with Crippen LogP contribution in [0.25, 0.3) is 0 Å². The molecule has 0 aromatic rings. The molecule has 2 atom stereocenters. The average molecular weight is 168 g/mol. The average Bonchev–Trinajstić information content (AvgIpc) is 2.30. The Morgan fingerprint density at radius 3 is 2.17 bits per heavy atom. The molecule has 12 heavy (non-hydrogen) atoms. The molecule has 2 unspecified atom stereocenters. The minimum Gasteiger partial charge on any atom is -0.300 e. The molecule has 3 heteroatoms. The first kappa shape index (κ1) is 9.10. The lowest BCUT2D eigenvalue weighted by molar-refractivity contribution is -0.135. The van der Waals surface area contributed by atoms with Crippen LogP contribution in [0.1, 0.15) is 26.7 Å². The maximum Gasteiger partial charge on any atom is 0.144 e. The summed E-state index contributed by atoms with van der Waals surface area (Å²) in [5.41, 5.74) is 0. The van der Waals surface area contributed by atoms with Gasteiger partial charge in [-0.15, -0.1) is 0 Å². The summed E-state index contributed by atoms with van der Waals surface area (Å²) >= 11 is 0. The highest BCUT2D eigenvalue weighted by molar-refractivity contribution is 6.07. The van der Waals surface area contributed by atoms with Gasteiger partial charge in [0.05, 0.1) is 5.92 Å². The smallest absolute Gasteiger partial charge is 0.144 e. The lowest BCUT2D eigenvalue weighted by atomic mass is 9.89. The van der Waals surface area contributed by atoms with E-state index < -0.39 is 5.92 Å². The molecule has 0 spiro atoms. The van der Waals surface area contributed by atoms with Crippen molar-refractivity contribution in [1.82, 2.24) is 0 Å². The number of hydrogen-bond acceptors (Lipinski definition) is 3. The highest BCUT2D eigenvalue weighted by Gasteiger charge is 2.40. The standard InChI is InChI=1S/C9H12O3/c1-5(10)7-3-4-8(12)9(7)6(2)11/h7,9H,3-4H2,1-2H3. The van der Waals surface area contributed by atoms with E-state index in [2.05, 4.69) is 0 Å². The molecular formula is C9H12O3. The Hall–Kier alpha value is -0.990. The van der Waals surface area contributed by atoms with E-state index in [9.17, 15) is 14.4 Å². The molecule has 1 aliphatic carbocycles. The van der Waals surface area contributed by atoms with Crippen molar-refractivity contribution in [1.29, 1.82) is 0 Å². The molecule has 0 heterocycles. The van der Waals surface area contributed by atoms with E-state index >= 15 is 0 Å². The molecular weight excluding hydrogens is 156 g/mol. The zero-order valence-electron chi connectivity index (χ0n) is 7.29. The van der Waals surface area contributed by atoms with Crippen LogP contribution in [0.15, 0.2) is 0 Å². The lowest BCUT2D eigenvalue weighted by Crippen LogP contribution is -2.26. The van der Waals surface area contributed by atoms with Crippen LogP contribution >= 0.6 is 0 Å². The zero-order chi connectivity index (χ0) is 9.30. The van der Waals surface area contributed by atoms with Crippen LogP contribution in [-0.2, 0) is 14.4 Å². The molecule has 0 radical (unpaired) electrons. The zero-order valence-corrected chi connectivity index (χ0v) is 7.29. The molecule has 1 rings (SSSR count). The van der Waals surface area contributed by atoms with Crippen molar-refractivity contribution in [2.75, 3.05) is 0 Å². The summed E-state index contributed by atoms with van der Waals surface area (Å²) in [7, 11) is 0. The molecule has 0 N–H and O–H groups in total. The number of ketones is 3. The molecule has 0 aliphatic heterocycles. The molecule has 0 aromatic carbocycles. The van der Waals surface area contributed by atoms with Gasteiger partial charge in [-0.3, -0.25) is 14.4 Å². The molecule has 3 nitrogen and oxygen atoms in total. The Balaban J connectivity index is 2.84. The predicted molar refractivity (Wildman–Crippen MR) is 42.6 cm³/mol. The van der Waals surface area contributed by atoms with Crippen LogP contribution in [0.3, 0.4) is 0 Å². The minimum absolute atomic E-state index is 0.0407. The number of hydrogen-bond donors (Lipinski definition) is 0. The predicted octanol–water partition coefficient (Wildman–Crippen LogP) is 0.760. The van der Waals surface area contributed by atoms with Gasteiger partial charge in [0, 0.05) is 12.3 Å². The van der Waals surface area contributed by atoms with E-state index in [1.54, 1.807) is 0 Å². The molecule has 1 fully saturated rings. The summed E-state index contributed by atoms with van der Waals surface area (Å²) in [6, 6.07) is 0. The molecule has 0 bridgehead atoms. The van der Waals surface area contributed by atoms with E-state index in [1.807, 2.05) is 0 Å². The van der Waals surface area contributed by atoms with E-state index in [0.29, 0.717) is 12.8 Å². The monoisotopic (exact) mass is 168 g/mol. The maximum atomic E-state index is 11.2. The van der Waals surface area contributed by atoms with Crippen molar-refractivity contribution in [3.05, 3.63) is 0 Å². The van der Waals surface area contributed by atoms with Crippen LogP contribution in [0.4, 0.5) is 0 Å². The quantitative estimate of drug-likeness (QED) is 0.572. The van der Waals surface area contributed by atoms with E-state index in [4.69, 9.17) is 0 Å². The lowest BCUT2D eigenvalue weighted by Gasteiger charge is -2.10. The first-order valence-corrected chi connectivity index (χ1v) is 4.07. The number of rotatable bonds is 2. The van der Waals surface area contributed by atoms with Crippen LogP contribution in [0.5, 0.6) is 0 Å². The van der Waals surface area contributed by atoms with E-state index in [0.717, 1.165) is 0 Å². The van der Waals surface area contributed by atoms with Crippen molar-refractivity contribution < 1.29 is 14.4 Å². The maximum absolute atomic E-state index is 11.2. The van der Waals surface area contributed by atoms with Gasteiger partial charge < -0.3 is 0 Å². The molecule has 1 saturated carbocycles. The van der Waals surface area contributed by atoms with Crippen molar-refractivity contribution in [2.24, 2.45) is 11.8 Å². The Bertz CT molecular complexity index is 242. The summed E-state index contributed by atoms with van der Waals surface area (Å²) in [5.74, 6) is -1.25. The summed E-state index contributed by atoms with van der Waals surface area (Å²) in [6.07, 6.45) is 0.937. The van der Waals surface area contributed by atoms with Gasteiger partial charge in [-0.2, -0.15) is 0 Å². The fraction of sp³-hybridized carbons (Fsp3) is 0.667. The number of Topliss-reactive ketones (excluding diaryl/α,β-unsaturated/α-hetero) is 3. The van der Waals surface area contributed by atoms with E-state index in [1.165, 1.54) is 13.8 Å². The first-order valence-electron chi connectivity index (χ1n) is 4.07. The Labute approximate surface area is 71.1 Å². The Morgan fingerprint density at radius 1 is 1.25 bits per heavy atom. The normalized spacial score (nSPS) is 29.0. The van der Waals surface area contributed by atoms with Crippen molar-refractivity contribution in [3.8, 4) is 0 Å². The van der Waals surface area contributed by atoms with Crippen LogP contribution < -0.4 is 0 Å². The fourth-order valence-electron chi connectivity index (χ4n) is 1.79. The van der Waals surface area contributed by atoms with Gasteiger partial charge in [0.2, 0.25) is 0 Å². The van der Waals surface area contributed by atoms with Gasteiger partial charge in [-0.25, -0.2) is 0 Å². The topological polar surface area (TPSA) is 51.2 Å². The molecule has 0 amide bonds. The van der Waals surface area contributed by atoms with Crippen LogP contribution in [-0.4, -0.2) is 17.3 Å². The van der Waals surface area contributed by atoms with Crippen LogP contribution in [0.2, 0.25) is 0 Å². The van der Waals surface area contributed by atoms with Crippen molar-refractivity contribution >= 4 is 17.3 Å². The summed E-state index contributed by atoms with van der Waals surface area (Å²) < 4.78 is 0. The Kier molecular flexibility index (Phi) is 2.40. The Morgan fingerprint density at radius 2 is 1.83 bits per heavy atom. The minimum atomic E-state index is -0.637.